The number of rotatable bonds is 3. The molecule has 4 heteroatoms. The van der Waals surface area contributed by atoms with Crippen LogP contribution in [0.15, 0.2) is 36.5 Å². The zero-order valence-electron chi connectivity index (χ0n) is 12.1. The normalized spacial score (nSPS) is 26.7. The Hall–Kier alpha value is -2.10. The molecule has 2 aromatic rings. The lowest BCUT2D eigenvalue weighted by molar-refractivity contribution is -0.133. The maximum absolute atomic E-state index is 12.2. The summed E-state index contributed by atoms with van der Waals surface area (Å²) in [5, 5.41) is 0. The summed E-state index contributed by atoms with van der Waals surface area (Å²) in [5.74, 6) is 1.88. The van der Waals surface area contributed by atoms with E-state index in [1.807, 2.05) is 31.3 Å². The molecule has 2 fully saturated rings. The van der Waals surface area contributed by atoms with Crippen molar-refractivity contribution in [3.8, 4) is 11.3 Å². The number of aromatic amines is 1. The van der Waals surface area contributed by atoms with Crippen LogP contribution in [0.2, 0.25) is 0 Å². The Morgan fingerprint density at radius 3 is 2.90 bits per heavy atom. The highest BCUT2D eigenvalue weighted by Gasteiger charge is 2.54. The monoisotopic (exact) mass is 281 g/mol. The lowest BCUT2D eigenvalue weighted by atomic mass is 10.1. The van der Waals surface area contributed by atoms with E-state index < -0.39 is 0 Å². The van der Waals surface area contributed by atoms with E-state index in [1.54, 1.807) is 0 Å². The summed E-state index contributed by atoms with van der Waals surface area (Å²) in [7, 11) is 0. The van der Waals surface area contributed by atoms with Crippen LogP contribution in [0, 0.1) is 5.92 Å². The van der Waals surface area contributed by atoms with Gasteiger partial charge < -0.3 is 9.88 Å². The van der Waals surface area contributed by atoms with E-state index in [2.05, 4.69) is 27.0 Å². The van der Waals surface area contributed by atoms with E-state index in [-0.39, 0.29) is 11.9 Å². The highest BCUT2D eigenvalue weighted by Crippen LogP contribution is 2.53. The SMILES string of the molecule is CCC(=O)N1C2CC2C[C@H]1c1ncc(-c2ccccc2)[nH]1. The number of nitrogens with one attached hydrogen (secondary N) is 1. The summed E-state index contributed by atoms with van der Waals surface area (Å²) in [6.07, 6.45) is 4.68. The number of H-pyrrole nitrogens is 1. The Kier molecular flexibility index (Phi) is 2.84. The van der Waals surface area contributed by atoms with Gasteiger partial charge in [0.15, 0.2) is 0 Å². The largest absolute Gasteiger partial charge is 0.340 e. The van der Waals surface area contributed by atoms with Crippen LogP contribution in [-0.2, 0) is 4.79 Å². The Morgan fingerprint density at radius 2 is 2.14 bits per heavy atom. The standard InChI is InChI=1S/C17H19N3O/c1-2-16(21)20-14-8-12(14)9-15(20)17-18-10-13(19-17)11-6-4-3-5-7-11/h3-7,10,12,14-15H,2,8-9H2,1H3,(H,18,19)/t12?,14?,15-/m0/s1. The number of carbonyl (C=O) groups is 1. The van der Waals surface area contributed by atoms with Gasteiger partial charge in [0.2, 0.25) is 5.91 Å². The average molecular weight is 281 g/mol. The molecule has 1 N–H and O–H groups in total. The first-order chi connectivity index (χ1) is 10.3. The molecule has 3 atom stereocenters. The maximum Gasteiger partial charge on any atom is 0.223 e. The number of aromatic nitrogens is 2. The lowest BCUT2D eigenvalue weighted by Gasteiger charge is -2.25. The van der Waals surface area contributed by atoms with E-state index in [0.717, 1.165) is 23.5 Å². The number of carbonyl (C=O) groups excluding carboxylic acids is 1. The Bertz CT molecular complexity index is 664. The Balaban J connectivity index is 1.62. The van der Waals surface area contributed by atoms with Crippen molar-refractivity contribution in [2.75, 3.05) is 0 Å². The second kappa shape index (κ2) is 4.72. The molecular formula is C17H19N3O. The fourth-order valence-electron chi connectivity index (χ4n) is 3.51. The number of amides is 1. The summed E-state index contributed by atoms with van der Waals surface area (Å²) in [4.78, 5) is 22.2. The molecule has 2 heterocycles. The third kappa shape index (κ3) is 2.06. The quantitative estimate of drug-likeness (QED) is 0.939. The lowest BCUT2D eigenvalue weighted by Crippen LogP contribution is -2.33. The average Bonchev–Trinajstić information content (AvgIpc) is 2.99. The van der Waals surface area contributed by atoms with Crippen LogP contribution in [0.5, 0.6) is 0 Å². The molecule has 4 nitrogen and oxygen atoms in total. The first-order valence-electron chi connectivity index (χ1n) is 7.69. The number of hydrogen-bond acceptors (Lipinski definition) is 2. The molecule has 0 bridgehead atoms. The van der Waals surface area contributed by atoms with Crippen molar-refractivity contribution >= 4 is 5.91 Å². The molecule has 1 aliphatic heterocycles. The third-order valence-electron chi connectivity index (χ3n) is 4.69. The number of nitrogens with zero attached hydrogens (tertiary/aromatic N) is 2. The first-order valence-corrected chi connectivity index (χ1v) is 7.69. The molecule has 2 aliphatic rings. The van der Waals surface area contributed by atoms with Gasteiger partial charge in [-0.1, -0.05) is 37.3 Å². The van der Waals surface area contributed by atoms with Gasteiger partial charge in [-0.25, -0.2) is 4.98 Å². The smallest absolute Gasteiger partial charge is 0.223 e. The second-order valence-electron chi connectivity index (χ2n) is 6.02. The molecule has 1 saturated carbocycles. The van der Waals surface area contributed by atoms with E-state index in [4.69, 9.17) is 0 Å². The number of imidazole rings is 1. The number of benzene rings is 1. The molecule has 0 spiro atoms. The molecule has 1 amide bonds. The molecular weight excluding hydrogens is 262 g/mol. The van der Waals surface area contributed by atoms with Crippen LogP contribution >= 0.6 is 0 Å². The van der Waals surface area contributed by atoms with E-state index in [0.29, 0.717) is 18.4 Å². The summed E-state index contributed by atoms with van der Waals surface area (Å²) in [5.41, 5.74) is 2.16. The van der Waals surface area contributed by atoms with Gasteiger partial charge in [-0.05, 0) is 24.3 Å². The fourth-order valence-corrected chi connectivity index (χ4v) is 3.51. The van der Waals surface area contributed by atoms with Gasteiger partial charge in [0.05, 0.1) is 17.9 Å². The van der Waals surface area contributed by atoms with E-state index >= 15 is 0 Å². The number of piperidine rings is 1. The second-order valence-corrected chi connectivity index (χ2v) is 6.02. The number of fused-ring (bicyclic) bond motifs is 1. The van der Waals surface area contributed by atoms with Gasteiger partial charge in [0, 0.05) is 12.5 Å². The first kappa shape index (κ1) is 12.6. The van der Waals surface area contributed by atoms with Gasteiger partial charge in [0.1, 0.15) is 5.82 Å². The van der Waals surface area contributed by atoms with Gasteiger partial charge in [-0.2, -0.15) is 0 Å². The van der Waals surface area contributed by atoms with Gasteiger partial charge in [-0.3, -0.25) is 4.79 Å². The van der Waals surface area contributed by atoms with Crippen molar-refractivity contribution in [3.63, 3.8) is 0 Å². The van der Waals surface area contributed by atoms with Gasteiger partial charge in [-0.15, -0.1) is 0 Å². The van der Waals surface area contributed by atoms with Crippen molar-refractivity contribution in [2.45, 2.75) is 38.3 Å². The number of likely N-dealkylation sites (tertiary alicyclic amines) is 1. The fraction of sp³-hybridized carbons (Fsp3) is 0.412. The molecule has 21 heavy (non-hydrogen) atoms. The molecule has 0 radical (unpaired) electrons. The maximum atomic E-state index is 12.2. The van der Waals surface area contributed by atoms with Crippen LogP contribution in [0.1, 0.15) is 38.1 Å². The summed E-state index contributed by atoms with van der Waals surface area (Å²) >= 11 is 0. The summed E-state index contributed by atoms with van der Waals surface area (Å²) in [6, 6.07) is 10.8. The predicted molar refractivity (Wildman–Crippen MR) is 80.4 cm³/mol. The minimum Gasteiger partial charge on any atom is -0.340 e. The van der Waals surface area contributed by atoms with Crippen molar-refractivity contribution in [1.82, 2.24) is 14.9 Å². The summed E-state index contributed by atoms with van der Waals surface area (Å²) in [6.45, 7) is 1.94. The van der Waals surface area contributed by atoms with E-state index in [1.165, 1.54) is 6.42 Å². The highest BCUT2D eigenvalue weighted by molar-refractivity contribution is 5.77. The Morgan fingerprint density at radius 1 is 1.33 bits per heavy atom. The van der Waals surface area contributed by atoms with Crippen molar-refractivity contribution in [2.24, 2.45) is 5.92 Å². The van der Waals surface area contributed by atoms with Crippen molar-refractivity contribution in [1.29, 1.82) is 0 Å². The third-order valence-corrected chi connectivity index (χ3v) is 4.69. The number of hydrogen-bond donors (Lipinski definition) is 1. The minimum atomic E-state index is 0.138. The molecule has 1 aliphatic carbocycles. The van der Waals surface area contributed by atoms with Crippen LogP contribution in [0.4, 0.5) is 0 Å². The molecule has 2 unspecified atom stereocenters. The summed E-state index contributed by atoms with van der Waals surface area (Å²) < 4.78 is 0. The van der Waals surface area contributed by atoms with Crippen molar-refractivity contribution in [3.05, 3.63) is 42.4 Å². The molecule has 1 aromatic heterocycles. The predicted octanol–water partition coefficient (Wildman–Crippen LogP) is 3.15. The zero-order chi connectivity index (χ0) is 14.4. The van der Waals surface area contributed by atoms with Crippen molar-refractivity contribution < 1.29 is 4.79 Å². The van der Waals surface area contributed by atoms with Crippen LogP contribution in [-0.4, -0.2) is 26.8 Å². The molecule has 1 saturated heterocycles. The molecule has 4 rings (SSSR count). The molecule has 1 aromatic carbocycles. The van der Waals surface area contributed by atoms with Gasteiger partial charge >= 0.3 is 0 Å². The Labute approximate surface area is 124 Å². The zero-order valence-corrected chi connectivity index (χ0v) is 12.1. The molecule has 108 valence electrons. The topological polar surface area (TPSA) is 49.0 Å². The highest BCUT2D eigenvalue weighted by atomic mass is 16.2. The van der Waals surface area contributed by atoms with Crippen LogP contribution in [0.3, 0.4) is 0 Å². The minimum absolute atomic E-state index is 0.138. The van der Waals surface area contributed by atoms with Crippen LogP contribution < -0.4 is 0 Å². The van der Waals surface area contributed by atoms with Gasteiger partial charge in [0.25, 0.3) is 0 Å². The van der Waals surface area contributed by atoms with Crippen LogP contribution in [0.25, 0.3) is 11.3 Å². The van der Waals surface area contributed by atoms with E-state index in [9.17, 15) is 4.79 Å².